The van der Waals surface area contributed by atoms with Crippen molar-refractivity contribution in [2.75, 3.05) is 0 Å². The fraction of sp³-hybridized carbons (Fsp3) is 0.778. The lowest BCUT2D eigenvalue weighted by molar-refractivity contribution is -0.145. The summed E-state index contributed by atoms with van der Waals surface area (Å²) in [6.45, 7) is 2.08. The summed E-state index contributed by atoms with van der Waals surface area (Å²) in [6.07, 6.45) is 3.78. The maximum absolute atomic E-state index is 11.2. The molecule has 4 heteroatoms. The van der Waals surface area contributed by atoms with Crippen LogP contribution >= 0.6 is 0 Å². The highest BCUT2D eigenvalue weighted by atomic mass is 16.6. The van der Waals surface area contributed by atoms with Gasteiger partial charge >= 0.3 is 5.97 Å². The van der Waals surface area contributed by atoms with Crippen LogP contribution in [0.4, 0.5) is 0 Å². The molecule has 0 aromatic heterocycles. The summed E-state index contributed by atoms with van der Waals surface area (Å²) in [5, 5.41) is 2.46. The van der Waals surface area contributed by atoms with Crippen LogP contribution in [-0.4, -0.2) is 18.6 Å². The quantitative estimate of drug-likeness (QED) is 0.509. The first-order chi connectivity index (χ1) is 6.27. The van der Waals surface area contributed by atoms with E-state index in [4.69, 9.17) is 4.74 Å². The van der Waals surface area contributed by atoms with Crippen molar-refractivity contribution in [3.05, 3.63) is 0 Å². The Balaban J connectivity index is 2.32. The number of ether oxygens (including phenoxy) is 1. The highest BCUT2D eigenvalue weighted by molar-refractivity contribution is 5.74. The molecule has 2 unspecified atom stereocenters. The number of nitrogens with one attached hydrogen (secondary N) is 1. The molecule has 1 amide bonds. The van der Waals surface area contributed by atoms with Crippen molar-refractivity contribution >= 4 is 12.4 Å². The lowest BCUT2D eigenvalue weighted by Crippen LogP contribution is -2.26. The Morgan fingerprint density at radius 2 is 2.46 bits per heavy atom. The van der Waals surface area contributed by atoms with Crippen molar-refractivity contribution in [2.45, 2.75) is 38.8 Å². The normalized spacial score (nSPS) is 27.0. The van der Waals surface area contributed by atoms with Crippen LogP contribution in [0.5, 0.6) is 0 Å². The number of cyclic esters (lactones) is 1. The highest BCUT2D eigenvalue weighted by Gasteiger charge is 2.33. The largest absolute Gasteiger partial charge is 0.441 e. The first-order valence-electron chi connectivity index (χ1n) is 4.68. The number of hydrogen-bond acceptors (Lipinski definition) is 3. The molecule has 0 aromatic carbocycles. The molecule has 1 saturated heterocycles. The van der Waals surface area contributed by atoms with E-state index in [1.165, 1.54) is 0 Å². The molecule has 0 spiro atoms. The van der Waals surface area contributed by atoms with Crippen molar-refractivity contribution in [1.82, 2.24) is 5.32 Å². The van der Waals surface area contributed by atoms with E-state index in [0.29, 0.717) is 12.8 Å². The summed E-state index contributed by atoms with van der Waals surface area (Å²) >= 11 is 0. The van der Waals surface area contributed by atoms with Crippen molar-refractivity contribution in [3.8, 4) is 0 Å². The third kappa shape index (κ3) is 2.72. The van der Waals surface area contributed by atoms with E-state index < -0.39 is 6.23 Å². The summed E-state index contributed by atoms with van der Waals surface area (Å²) in [6, 6.07) is 0. The molecule has 0 aromatic rings. The van der Waals surface area contributed by atoms with E-state index >= 15 is 0 Å². The Morgan fingerprint density at radius 1 is 1.69 bits per heavy atom. The number of unbranched alkanes of at least 4 members (excludes halogenated alkanes) is 1. The highest BCUT2D eigenvalue weighted by Crippen LogP contribution is 2.24. The minimum Gasteiger partial charge on any atom is -0.441 e. The second kappa shape index (κ2) is 4.84. The molecule has 0 radical (unpaired) electrons. The van der Waals surface area contributed by atoms with E-state index in [-0.39, 0.29) is 11.9 Å². The first-order valence-corrected chi connectivity index (χ1v) is 4.68. The number of hydrogen-bond donors (Lipinski definition) is 1. The van der Waals surface area contributed by atoms with E-state index in [2.05, 4.69) is 12.2 Å². The average Bonchev–Trinajstić information content (AvgIpc) is 2.44. The predicted octanol–water partition coefficient (Wildman–Crippen LogP) is 0.812. The molecule has 1 aliphatic heterocycles. The van der Waals surface area contributed by atoms with Crippen molar-refractivity contribution in [3.63, 3.8) is 0 Å². The van der Waals surface area contributed by atoms with Gasteiger partial charge in [0.25, 0.3) is 0 Å². The zero-order valence-corrected chi connectivity index (χ0v) is 7.79. The molecule has 74 valence electrons. The molecule has 0 bridgehead atoms. The fourth-order valence-electron chi connectivity index (χ4n) is 1.50. The third-order valence-electron chi connectivity index (χ3n) is 2.25. The Bertz CT molecular complexity index is 193. The number of carbonyl (C=O) groups is 2. The molecule has 1 heterocycles. The Labute approximate surface area is 77.6 Å². The summed E-state index contributed by atoms with van der Waals surface area (Å²) < 4.78 is 4.93. The van der Waals surface area contributed by atoms with Crippen LogP contribution < -0.4 is 5.32 Å². The molecule has 0 aliphatic carbocycles. The molecule has 1 fully saturated rings. The molecular formula is C9H15NO3. The van der Waals surface area contributed by atoms with Gasteiger partial charge in [0.15, 0.2) is 6.23 Å². The molecule has 4 nitrogen and oxygen atoms in total. The smallest absolute Gasteiger partial charge is 0.311 e. The molecule has 1 N–H and O–H groups in total. The Kier molecular flexibility index (Phi) is 3.73. The third-order valence-corrected chi connectivity index (χ3v) is 2.25. The summed E-state index contributed by atoms with van der Waals surface area (Å²) in [5.41, 5.74) is 0. The van der Waals surface area contributed by atoms with Crippen LogP contribution in [-0.2, 0) is 14.3 Å². The number of esters is 1. The van der Waals surface area contributed by atoms with Gasteiger partial charge in [-0.3, -0.25) is 9.59 Å². The zero-order chi connectivity index (χ0) is 9.68. The van der Waals surface area contributed by atoms with Crippen molar-refractivity contribution < 1.29 is 14.3 Å². The topological polar surface area (TPSA) is 55.4 Å². The Morgan fingerprint density at radius 3 is 3.08 bits per heavy atom. The second-order valence-electron chi connectivity index (χ2n) is 3.28. The van der Waals surface area contributed by atoms with Crippen molar-refractivity contribution in [1.29, 1.82) is 0 Å². The van der Waals surface area contributed by atoms with Crippen LogP contribution in [0.25, 0.3) is 0 Å². The van der Waals surface area contributed by atoms with E-state index in [1.54, 1.807) is 0 Å². The van der Waals surface area contributed by atoms with Gasteiger partial charge in [-0.25, -0.2) is 0 Å². The van der Waals surface area contributed by atoms with Gasteiger partial charge in [-0.2, -0.15) is 0 Å². The van der Waals surface area contributed by atoms with Crippen LogP contribution in [0.1, 0.15) is 32.6 Å². The molecule has 13 heavy (non-hydrogen) atoms. The molecule has 1 rings (SSSR count). The first kappa shape index (κ1) is 10.0. The van der Waals surface area contributed by atoms with Gasteiger partial charge in [0.1, 0.15) is 0 Å². The summed E-state index contributed by atoms with van der Waals surface area (Å²) in [7, 11) is 0. The lowest BCUT2D eigenvalue weighted by atomic mass is 10.0. The van der Waals surface area contributed by atoms with E-state index in [9.17, 15) is 9.59 Å². The molecule has 2 atom stereocenters. The van der Waals surface area contributed by atoms with E-state index in [0.717, 1.165) is 19.3 Å². The maximum atomic E-state index is 11.2. The van der Waals surface area contributed by atoms with Gasteiger partial charge in [-0.15, -0.1) is 0 Å². The maximum Gasteiger partial charge on any atom is 0.311 e. The molecular weight excluding hydrogens is 170 g/mol. The minimum atomic E-state index is -0.396. The summed E-state index contributed by atoms with van der Waals surface area (Å²) in [5.74, 6) is -0.190. The standard InChI is InChI=1S/C9H15NO3/c1-2-3-4-7-5-8(10-6-11)13-9(7)12/h6-8H,2-5H2,1H3,(H,10,11). The SMILES string of the molecule is CCCCC1CC(NC=O)OC1=O. The van der Waals surface area contributed by atoms with Gasteiger partial charge in [0, 0.05) is 6.42 Å². The van der Waals surface area contributed by atoms with Crippen LogP contribution in [0.3, 0.4) is 0 Å². The zero-order valence-electron chi connectivity index (χ0n) is 7.79. The van der Waals surface area contributed by atoms with Gasteiger partial charge in [0.2, 0.25) is 6.41 Å². The monoisotopic (exact) mass is 185 g/mol. The lowest BCUT2D eigenvalue weighted by Gasteiger charge is -2.04. The second-order valence-corrected chi connectivity index (χ2v) is 3.28. The number of amides is 1. The van der Waals surface area contributed by atoms with Gasteiger partial charge in [0.05, 0.1) is 5.92 Å². The van der Waals surface area contributed by atoms with Gasteiger partial charge in [-0.1, -0.05) is 19.8 Å². The van der Waals surface area contributed by atoms with Gasteiger partial charge < -0.3 is 10.1 Å². The predicted molar refractivity (Wildman–Crippen MR) is 46.7 cm³/mol. The molecule has 1 aliphatic rings. The molecule has 0 saturated carbocycles. The van der Waals surface area contributed by atoms with Gasteiger partial charge in [-0.05, 0) is 6.42 Å². The van der Waals surface area contributed by atoms with Crippen LogP contribution in [0.15, 0.2) is 0 Å². The van der Waals surface area contributed by atoms with Crippen LogP contribution in [0.2, 0.25) is 0 Å². The summed E-state index contributed by atoms with van der Waals surface area (Å²) in [4.78, 5) is 21.3. The van der Waals surface area contributed by atoms with Crippen LogP contribution in [0, 0.1) is 5.92 Å². The number of carbonyl (C=O) groups excluding carboxylic acids is 2. The number of rotatable bonds is 5. The minimum absolute atomic E-state index is 0.0163. The van der Waals surface area contributed by atoms with E-state index in [1.807, 2.05) is 0 Å². The average molecular weight is 185 g/mol. The fourth-order valence-corrected chi connectivity index (χ4v) is 1.50. The Hall–Kier alpha value is -1.06. The van der Waals surface area contributed by atoms with Crippen molar-refractivity contribution in [2.24, 2.45) is 5.92 Å².